The normalized spacial score (nSPS) is 17.1. The van der Waals surface area contributed by atoms with Crippen LogP contribution in [0.2, 0.25) is 0 Å². The van der Waals surface area contributed by atoms with E-state index in [1.165, 1.54) is 0 Å². The molecule has 0 amide bonds. The maximum absolute atomic E-state index is 5.66. The second kappa shape index (κ2) is 8.13. The zero-order chi connectivity index (χ0) is 16.8. The van der Waals surface area contributed by atoms with Crippen molar-refractivity contribution < 1.29 is 9.47 Å². The average molecular weight is 327 g/mol. The summed E-state index contributed by atoms with van der Waals surface area (Å²) in [6.07, 6.45) is 2.96. The average Bonchev–Trinajstić information content (AvgIpc) is 2.92. The van der Waals surface area contributed by atoms with Crippen molar-refractivity contribution in [3.63, 3.8) is 0 Å². The Morgan fingerprint density at radius 1 is 1.00 bits per heavy atom. The Labute approximate surface area is 143 Å². The van der Waals surface area contributed by atoms with Gasteiger partial charge in [0.05, 0.1) is 31.5 Å². The van der Waals surface area contributed by atoms with Gasteiger partial charge in [-0.3, -0.25) is 9.88 Å². The molecule has 1 aromatic carbocycles. The summed E-state index contributed by atoms with van der Waals surface area (Å²) in [5.74, 6) is 1.67. The van der Waals surface area contributed by atoms with Crippen LogP contribution >= 0.6 is 0 Å². The molecule has 24 heavy (non-hydrogen) atoms. The predicted molar refractivity (Wildman–Crippen MR) is 94.7 cm³/mol. The van der Waals surface area contributed by atoms with E-state index in [9.17, 15) is 0 Å². The number of aromatic nitrogens is 1. The molecule has 5 heteroatoms. The first-order chi connectivity index (χ1) is 11.8. The van der Waals surface area contributed by atoms with E-state index in [4.69, 9.17) is 9.47 Å². The van der Waals surface area contributed by atoms with Crippen LogP contribution in [0.15, 0.2) is 42.6 Å². The van der Waals surface area contributed by atoms with Crippen LogP contribution in [0.3, 0.4) is 0 Å². The molecule has 1 aliphatic heterocycles. The Balaban J connectivity index is 2.11. The number of nitrogens with one attached hydrogen (secondary N) is 1. The minimum Gasteiger partial charge on any atom is -0.496 e. The molecule has 0 bridgehead atoms. The molecule has 128 valence electrons. The van der Waals surface area contributed by atoms with E-state index in [-0.39, 0.29) is 6.04 Å². The molecule has 5 nitrogen and oxygen atoms in total. The third-order valence-electron chi connectivity index (χ3n) is 4.45. The highest BCUT2D eigenvalue weighted by Gasteiger charge is 2.29. The van der Waals surface area contributed by atoms with Crippen LogP contribution in [0.5, 0.6) is 11.5 Å². The predicted octanol–water partition coefficient (Wildman–Crippen LogP) is 2.48. The van der Waals surface area contributed by atoms with E-state index in [0.29, 0.717) is 0 Å². The first kappa shape index (κ1) is 16.7. The molecule has 0 saturated carbocycles. The van der Waals surface area contributed by atoms with Crippen molar-refractivity contribution in [3.8, 4) is 11.5 Å². The molecule has 0 spiro atoms. The minimum absolute atomic E-state index is 0.0113. The number of nitrogens with zero attached hydrogens (tertiary/aromatic N) is 2. The summed E-state index contributed by atoms with van der Waals surface area (Å²) < 4.78 is 11.3. The first-order valence-electron chi connectivity index (χ1n) is 8.41. The van der Waals surface area contributed by atoms with Crippen LogP contribution in [0.1, 0.15) is 23.7 Å². The van der Waals surface area contributed by atoms with Gasteiger partial charge < -0.3 is 14.8 Å². The number of benzene rings is 1. The van der Waals surface area contributed by atoms with Crippen LogP contribution < -0.4 is 14.8 Å². The molecule has 1 fully saturated rings. The van der Waals surface area contributed by atoms with E-state index in [0.717, 1.165) is 55.4 Å². The van der Waals surface area contributed by atoms with Gasteiger partial charge in [0, 0.05) is 25.8 Å². The van der Waals surface area contributed by atoms with Crippen molar-refractivity contribution in [3.05, 3.63) is 53.9 Å². The maximum Gasteiger partial charge on any atom is 0.127 e. The van der Waals surface area contributed by atoms with Crippen LogP contribution in [0.25, 0.3) is 0 Å². The second-order valence-electron chi connectivity index (χ2n) is 5.87. The molecular weight excluding hydrogens is 302 g/mol. The van der Waals surface area contributed by atoms with E-state index in [1.54, 1.807) is 14.2 Å². The number of hydrogen-bond acceptors (Lipinski definition) is 5. The largest absolute Gasteiger partial charge is 0.496 e. The van der Waals surface area contributed by atoms with Crippen LogP contribution in [0, 0.1) is 0 Å². The van der Waals surface area contributed by atoms with Gasteiger partial charge in [0.2, 0.25) is 0 Å². The van der Waals surface area contributed by atoms with Gasteiger partial charge in [0.15, 0.2) is 0 Å². The van der Waals surface area contributed by atoms with Gasteiger partial charge in [0.25, 0.3) is 0 Å². The summed E-state index contributed by atoms with van der Waals surface area (Å²) in [6.45, 7) is 3.99. The zero-order valence-corrected chi connectivity index (χ0v) is 14.4. The van der Waals surface area contributed by atoms with Crippen molar-refractivity contribution in [1.82, 2.24) is 15.2 Å². The Kier molecular flexibility index (Phi) is 5.67. The number of methoxy groups -OCH3 is 2. The van der Waals surface area contributed by atoms with E-state index < -0.39 is 0 Å². The summed E-state index contributed by atoms with van der Waals surface area (Å²) in [4.78, 5) is 7.10. The summed E-state index contributed by atoms with van der Waals surface area (Å²) in [5, 5.41) is 3.47. The number of pyridine rings is 1. The highest BCUT2D eigenvalue weighted by Crippen LogP contribution is 2.40. The van der Waals surface area contributed by atoms with Crippen molar-refractivity contribution >= 4 is 0 Å². The van der Waals surface area contributed by atoms with Crippen molar-refractivity contribution in [2.45, 2.75) is 12.5 Å². The third-order valence-corrected chi connectivity index (χ3v) is 4.45. The van der Waals surface area contributed by atoms with Crippen molar-refractivity contribution in [1.29, 1.82) is 0 Å². The highest BCUT2D eigenvalue weighted by atomic mass is 16.5. The number of hydrogen-bond donors (Lipinski definition) is 1. The second-order valence-corrected chi connectivity index (χ2v) is 5.87. The molecule has 1 aromatic heterocycles. The third kappa shape index (κ3) is 3.52. The molecule has 1 atom stereocenters. The lowest BCUT2D eigenvalue weighted by molar-refractivity contribution is 0.227. The van der Waals surface area contributed by atoms with Gasteiger partial charge in [-0.1, -0.05) is 12.1 Å². The lowest BCUT2D eigenvalue weighted by Crippen LogP contribution is -2.34. The van der Waals surface area contributed by atoms with Gasteiger partial charge >= 0.3 is 0 Å². The fraction of sp³-hybridized carbons (Fsp3) is 0.421. The topological polar surface area (TPSA) is 46.6 Å². The fourth-order valence-corrected chi connectivity index (χ4v) is 3.33. The fourth-order valence-electron chi connectivity index (χ4n) is 3.33. The zero-order valence-electron chi connectivity index (χ0n) is 14.4. The molecule has 0 aliphatic carbocycles. The molecule has 2 heterocycles. The monoisotopic (exact) mass is 327 g/mol. The first-order valence-corrected chi connectivity index (χ1v) is 8.41. The van der Waals surface area contributed by atoms with Crippen LogP contribution in [-0.2, 0) is 0 Å². The van der Waals surface area contributed by atoms with E-state index in [2.05, 4.69) is 21.3 Å². The smallest absolute Gasteiger partial charge is 0.127 e. The maximum atomic E-state index is 5.66. The van der Waals surface area contributed by atoms with Gasteiger partial charge in [-0.25, -0.2) is 0 Å². The summed E-state index contributed by atoms with van der Waals surface area (Å²) in [6, 6.07) is 12.0. The Hall–Kier alpha value is -2.11. The van der Waals surface area contributed by atoms with Gasteiger partial charge in [-0.2, -0.15) is 0 Å². The number of rotatable bonds is 5. The lowest BCUT2D eigenvalue weighted by atomic mass is 9.98. The molecule has 1 N–H and O–H groups in total. The van der Waals surface area contributed by atoms with Crippen molar-refractivity contribution in [2.75, 3.05) is 40.4 Å². The summed E-state index contributed by atoms with van der Waals surface area (Å²) in [5.41, 5.74) is 2.06. The van der Waals surface area contributed by atoms with E-state index in [1.807, 2.05) is 36.5 Å². The molecule has 1 aliphatic rings. The number of ether oxygens (including phenoxy) is 2. The Morgan fingerprint density at radius 3 is 2.46 bits per heavy atom. The van der Waals surface area contributed by atoms with Crippen LogP contribution in [-0.4, -0.2) is 50.3 Å². The van der Waals surface area contributed by atoms with E-state index >= 15 is 0 Å². The Morgan fingerprint density at radius 2 is 1.79 bits per heavy atom. The Bertz CT molecular complexity index is 618. The molecule has 3 rings (SSSR count). The standard InChI is InChI=1S/C19H25N3O2/c1-23-16-8-5-9-17(24-2)18(16)19(15-7-3-4-11-21-15)22-13-6-10-20-12-14-22/h3-5,7-9,11,19-20H,6,10,12-14H2,1-2H3. The van der Waals surface area contributed by atoms with Gasteiger partial charge in [0.1, 0.15) is 11.5 Å². The molecule has 2 aromatic rings. The van der Waals surface area contributed by atoms with Crippen molar-refractivity contribution in [2.24, 2.45) is 0 Å². The highest BCUT2D eigenvalue weighted by molar-refractivity contribution is 5.49. The lowest BCUT2D eigenvalue weighted by Gasteiger charge is -2.32. The van der Waals surface area contributed by atoms with Crippen LogP contribution in [0.4, 0.5) is 0 Å². The van der Waals surface area contributed by atoms with Gasteiger partial charge in [-0.15, -0.1) is 0 Å². The molecular formula is C19H25N3O2. The molecule has 1 unspecified atom stereocenters. The quantitative estimate of drug-likeness (QED) is 0.914. The SMILES string of the molecule is COc1cccc(OC)c1C(c1ccccn1)N1CCCNCC1. The summed E-state index contributed by atoms with van der Waals surface area (Å²) >= 11 is 0. The minimum atomic E-state index is 0.0113. The molecule has 0 radical (unpaired) electrons. The van der Waals surface area contributed by atoms with Gasteiger partial charge in [-0.05, 0) is 37.2 Å². The molecule has 1 saturated heterocycles. The summed E-state index contributed by atoms with van der Waals surface area (Å²) in [7, 11) is 3.41.